The van der Waals surface area contributed by atoms with Gasteiger partial charge in [-0.25, -0.2) is 4.39 Å². The van der Waals surface area contributed by atoms with Gasteiger partial charge in [0.1, 0.15) is 23.4 Å². The number of carbonyl (C=O) groups excluding carboxylic acids is 2. The molecule has 0 radical (unpaired) electrons. The predicted molar refractivity (Wildman–Crippen MR) is 113 cm³/mol. The van der Waals surface area contributed by atoms with E-state index in [0.29, 0.717) is 16.4 Å². The Labute approximate surface area is 182 Å². The lowest BCUT2D eigenvalue weighted by atomic mass is 9.97. The summed E-state index contributed by atoms with van der Waals surface area (Å²) in [5, 5.41) is 11.4. The molecule has 0 spiro atoms. The number of halogens is 2. The third kappa shape index (κ3) is 3.64. The quantitative estimate of drug-likeness (QED) is 0.368. The molecular weight excluding hydrogens is 423 g/mol. The van der Waals surface area contributed by atoms with Gasteiger partial charge in [0.25, 0.3) is 11.7 Å². The molecule has 1 saturated heterocycles. The normalized spacial score (nSPS) is 17.8. The Morgan fingerprint density at radius 1 is 1.13 bits per heavy atom. The van der Waals surface area contributed by atoms with Crippen molar-refractivity contribution in [1.82, 2.24) is 4.98 Å². The number of ketones is 1. The van der Waals surface area contributed by atoms with Gasteiger partial charge in [0.05, 0.1) is 23.9 Å². The highest BCUT2D eigenvalue weighted by atomic mass is 35.5. The van der Waals surface area contributed by atoms with Crippen molar-refractivity contribution < 1.29 is 23.8 Å². The van der Waals surface area contributed by atoms with E-state index in [4.69, 9.17) is 16.3 Å². The van der Waals surface area contributed by atoms with E-state index in [1.165, 1.54) is 30.3 Å². The summed E-state index contributed by atoms with van der Waals surface area (Å²) < 4.78 is 19.1. The topological polar surface area (TPSA) is 79.7 Å². The zero-order chi connectivity index (χ0) is 22.1. The fourth-order valence-corrected chi connectivity index (χ4v) is 3.74. The maximum atomic E-state index is 13.9. The van der Waals surface area contributed by atoms with Crippen LogP contribution in [-0.2, 0) is 9.59 Å². The summed E-state index contributed by atoms with van der Waals surface area (Å²) in [6.07, 6.45) is 1.51. The molecule has 2 heterocycles. The van der Waals surface area contributed by atoms with Crippen LogP contribution >= 0.6 is 11.6 Å². The smallest absolute Gasteiger partial charge is 0.300 e. The van der Waals surface area contributed by atoms with Crippen LogP contribution in [0.1, 0.15) is 17.3 Å². The maximum absolute atomic E-state index is 13.9. The van der Waals surface area contributed by atoms with Crippen LogP contribution in [0.15, 0.2) is 72.4 Å². The van der Waals surface area contributed by atoms with Gasteiger partial charge in [0.15, 0.2) is 0 Å². The number of pyridine rings is 1. The molecule has 8 heteroatoms. The molecule has 1 amide bonds. The van der Waals surface area contributed by atoms with Crippen molar-refractivity contribution in [1.29, 1.82) is 0 Å². The average Bonchev–Trinajstić information content (AvgIpc) is 3.04. The Balaban J connectivity index is 1.99. The van der Waals surface area contributed by atoms with Crippen LogP contribution < -0.4 is 9.64 Å². The van der Waals surface area contributed by atoms with Crippen molar-refractivity contribution in [3.8, 4) is 5.75 Å². The summed E-state index contributed by atoms with van der Waals surface area (Å²) in [6.45, 7) is 0. The van der Waals surface area contributed by atoms with E-state index >= 15 is 0 Å². The Bertz CT molecular complexity index is 1210. The average molecular weight is 439 g/mol. The van der Waals surface area contributed by atoms with Gasteiger partial charge < -0.3 is 9.84 Å². The van der Waals surface area contributed by atoms with Crippen molar-refractivity contribution in [3.05, 3.63) is 94.5 Å². The molecular formula is C23H16ClFN2O4. The number of methoxy groups -OCH3 is 1. The van der Waals surface area contributed by atoms with Gasteiger partial charge in [-0.1, -0.05) is 23.7 Å². The van der Waals surface area contributed by atoms with E-state index in [1.807, 2.05) is 0 Å². The van der Waals surface area contributed by atoms with E-state index in [0.717, 1.165) is 12.1 Å². The summed E-state index contributed by atoms with van der Waals surface area (Å²) >= 11 is 6.09. The summed E-state index contributed by atoms with van der Waals surface area (Å²) in [5.74, 6) is -2.85. The fraction of sp³-hybridized carbons (Fsp3) is 0.0870. The van der Waals surface area contributed by atoms with E-state index in [9.17, 15) is 19.1 Å². The van der Waals surface area contributed by atoms with Crippen LogP contribution in [0.5, 0.6) is 5.75 Å². The number of ether oxygens (including phenoxy) is 1. The number of hydrogen-bond acceptors (Lipinski definition) is 5. The molecule has 0 aliphatic carbocycles. The number of Topliss-reactive ketones (excluding diaryl/α,β-unsaturated/α-hetero) is 1. The lowest BCUT2D eigenvalue weighted by molar-refractivity contribution is -0.132. The number of aliphatic hydroxyl groups is 1. The summed E-state index contributed by atoms with van der Waals surface area (Å²) in [5.41, 5.74) is 0.425. The standard InChI is InChI=1S/C23H16ClFN2O4/c1-31-18-9-8-14(25)12-16(18)21(28)19-20(17-7-2-3-10-26-17)27(23(30)22(19)29)15-6-4-5-13(24)11-15/h2-12,20,28H,1H3/b21-19+. The molecule has 0 saturated carbocycles. The van der Waals surface area contributed by atoms with Crippen molar-refractivity contribution in [2.24, 2.45) is 0 Å². The Kier molecular flexibility index (Phi) is 5.44. The molecule has 6 nitrogen and oxygen atoms in total. The van der Waals surface area contributed by atoms with Gasteiger partial charge in [-0.2, -0.15) is 0 Å². The molecule has 1 unspecified atom stereocenters. The number of aromatic nitrogens is 1. The Morgan fingerprint density at radius 3 is 2.61 bits per heavy atom. The number of benzene rings is 2. The number of aliphatic hydroxyl groups excluding tert-OH is 1. The summed E-state index contributed by atoms with van der Waals surface area (Å²) in [6, 6.07) is 13.9. The molecule has 1 aliphatic heterocycles. The van der Waals surface area contributed by atoms with Crippen LogP contribution in [-0.4, -0.2) is 28.9 Å². The van der Waals surface area contributed by atoms with Gasteiger partial charge in [0, 0.05) is 16.9 Å². The predicted octanol–water partition coefficient (Wildman–Crippen LogP) is 4.51. The zero-order valence-electron chi connectivity index (χ0n) is 16.3. The number of anilines is 1. The summed E-state index contributed by atoms with van der Waals surface area (Å²) in [4.78, 5) is 31.6. The maximum Gasteiger partial charge on any atom is 0.300 e. The number of hydrogen-bond donors (Lipinski definition) is 1. The lowest BCUT2D eigenvalue weighted by Crippen LogP contribution is -2.29. The van der Waals surface area contributed by atoms with Crippen molar-refractivity contribution in [2.75, 3.05) is 12.0 Å². The first-order valence-electron chi connectivity index (χ1n) is 9.23. The highest BCUT2D eigenvalue weighted by Gasteiger charge is 2.47. The third-order valence-electron chi connectivity index (χ3n) is 4.92. The van der Waals surface area contributed by atoms with Crippen LogP contribution in [0, 0.1) is 5.82 Å². The van der Waals surface area contributed by atoms with Crippen molar-refractivity contribution >= 4 is 34.7 Å². The molecule has 156 valence electrons. The fourth-order valence-electron chi connectivity index (χ4n) is 3.55. The molecule has 1 fully saturated rings. The molecule has 0 bridgehead atoms. The molecule has 1 N–H and O–H groups in total. The first-order valence-corrected chi connectivity index (χ1v) is 9.61. The van der Waals surface area contributed by atoms with E-state index in [2.05, 4.69) is 4.98 Å². The van der Waals surface area contributed by atoms with Crippen LogP contribution in [0.2, 0.25) is 5.02 Å². The van der Waals surface area contributed by atoms with E-state index in [1.54, 1.807) is 36.4 Å². The number of carbonyl (C=O) groups is 2. The Morgan fingerprint density at radius 2 is 1.94 bits per heavy atom. The molecule has 2 aromatic carbocycles. The third-order valence-corrected chi connectivity index (χ3v) is 5.15. The van der Waals surface area contributed by atoms with Crippen molar-refractivity contribution in [3.63, 3.8) is 0 Å². The first kappa shape index (κ1) is 20.6. The number of amides is 1. The molecule has 1 atom stereocenters. The van der Waals surface area contributed by atoms with Crippen molar-refractivity contribution in [2.45, 2.75) is 6.04 Å². The second kappa shape index (κ2) is 8.20. The molecule has 1 aliphatic rings. The van der Waals surface area contributed by atoms with E-state index in [-0.39, 0.29) is 16.9 Å². The second-order valence-electron chi connectivity index (χ2n) is 6.75. The van der Waals surface area contributed by atoms with Gasteiger partial charge in [-0.15, -0.1) is 0 Å². The molecule has 1 aromatic heterocycles. The van der Waals surface area contributed by atoms with E-state index < -0.39 is 29.3 Å². The minimum absolute atomic E-state index is 0.0486. The minimum atomic E-state index is -1.05. The molecule has 3 aromatic rings. The van der Waals surface area contributed by atoms with Crippen LogP contribution in [0.3, 0.4) is 0 Å². The molecule has 4 rings (SSSR count). The Hall–Kier alpha value is -3.71. The SMILES string of the molecule is COc1ccc(F)cc1/C(O)=C1\C(=O)C(=O)N(c2cccc(Cl)c2)C1c1ccccn1. The lowest BCUT2D eigenvalue weighted by Gasteiger charge is -2.24. The zero-order valence-corrected chi connectivity index (χ0v) is 17.0. The second-order valence-corrected chi connectivity index (χ2v) is 7.18. The van der Waals surface area contributed by atoms with Crippen LogP contribution in [0.4, 0.5) is 10.1 Å². The van der Waals surface area contributed by atoms with Gasteiger partial charge in [-0.05, 0) is 48.5 Å². The monoisotopic (exact) mass is 438 g/mol. The van der Waals surface area contributed by atoms with Gasteiger partial charge in [-0.3, -0.25) is 19.5 Å². The highest BCUT2D eigenvalue weighted by molar-refractivity contribution is 6.51. The largest absolute Gasteiger partial charge is 0.507 e. The number of nitrogens with zero attached hydrogens (tertiary/aromatic N) is 2. The minimum Gasteiger partial charge on any atom is -0.507 e. The summed E-state index contributed by atoms with van der Waals surface area (Å²) in [7, 11) is 1.35. The van der Waals surface area contributed by atoms with Gasteiger partial charge in [0.2, 0.25) is 0 Å². The highest BCUT2D eigenvalue weighted by Crippen LogP contribution is 2.43. The molecule has 31 heavy (non-hydrogen) atoms. The van der Waals surface area contributed by atoms with Crippen LogP contribution in [0.25, 0.3) is 5.76 Å². The first-order chi connectivity index (χ1) is 14.9. The van der Waals surface area contributed by atoms with Gasteiger partial charge >= 0.3 is 0 Å². The number of rotatable bonds is 4.